The fourth-order valence-corrected chi connectivity index (χ4v) is 2.17. The number of hydrogen-bond donors (Lipinski definition) is 1. The van der Waals surface area contributed by atoms with Crippen LogP contribution in [0, 0.1) is 0 Å². The first-order valence-electron chi connectivity index (χ1n) is 7.37. The summed E-state index contributed by atoms with van der Waals surface area (Å²) in [5, 5.41) is 4.09. The fourth-order valence-electron chi connectivity index (χ4n) is 2.00. The van der Waals surface area contributed by atoms with Crippen molar-refractivity contribution in [1.29, 1.82) is 0 Å². The van der Waals surface area contributed by atoms with Crippen molar-refractivity contribution in [2.45, 2.75) is 39.8 Å². The van der Waals surface area contributed by atoms with Gasteiger partial charge in [0.05, 0.1) is 0 Å². The SMILES string of the molecule is CCc1ccc(Oc2cc(Cl)ccc2CNC(C)C)cc1. The summed E-state index contributed by atoms with van der Waals surface area (Å²) >= 11 is 6.09. The van der Waals surface area contributed by atoms with Gasteiger partial charge < -0.3 is 10.1 Å². The molecule has 2 rings (SSSR count). The van der Waals surface area contributed by atoms with Crippen LogP contribution in [0.4, 0.5) is 0 Å². The molecule has 0 saturated heterocycles. The first-order valence-corrected chi connectivity index (χ1v) is 7.75. The average Bonchev–Trinajstić information content (AvgIpc) is 2.47. The molecule has 0 aromatic heterocycles. The number of aryl methyl sites for hydroxylation is 1. The molecule has 0 aliphatic rings. The van der Waals surface area contributed by atoms with E-state index in [1.54, 1.807) is 0 Å². The van der Waals surface area contributed by atoms with E-state index in [4.69, 9.17) is 16.3 Å². The van der Waals surface area contributed by atoms with Gasteiger partial charge in [-0.2, -0.15) is 0 Å². The molecule has 0 radical (unpaired) electrons. The summed E-state index contributed by atoms with van der Waals surface area (Å²) < 4.78 is 6.00. The Bertz CT molecular complexity index is 578. The monoisotopic (exact) mass is 303 g/mol. The number of nitrogens with one attached hydrogen (secondary N) is 1. The second-order valence-corrected chi connectivity index (χ2v) is 5.82. The first kappa shape index (κ1) is 15.9. The topological polar surface area (TPSA) is 21.3 Å². The molecule has 0 bridgehead atoms. The molecular weight excluding hydrogens is 282 g/mol. The molecule has 0 atom stereocenters. The van der Waals surface area contributed by atoms with Crippen LogP contribution in [0.25, 0.3) is 0 Å². The van der Waals surface area contributed by atoms with Gasteiger partial charge in [-0.1, -0.05) is 50.6 Å². The smallest absolute Gasteiger partial charge is 0.133 e. The summed E-state index contributed by atoms with van der Waals surface area (Å²) in [6.07, 6.45) is 1.03. The van der Waals surface area contributed by atoms with Gasteiger partial charge >= 0.3 is 0 Å². The Morgan fingerprint density at radius 1 is 1.10 bits per heavy atom. The number of benzene rings is 2. The molecule has 2 nitrogen and oxygen atoms in total. The predicted octanol–water partition coefficient (Wildman–Crippen LogP) is 5.19. The van der Waals surface area contributed by atoms with Crippen molar-refractivity contribution >= 4 is 11.6 Å². The van der Waals surface area contributed by atoms with Gasteiger partial charge in [0.2, 0.25) is 0 Å². The van der Waals surface area contributed by atoms with Gasteiger partial charge in [0.25, 0.3) is 0 Å². The average molecular weight is 304 g/mol. The lowest BCUT2D eigenvalue weighted by Crippen LogP contribution is -2.22. The molecule has 21 heavy (non-hydrogen) atoms. The van der Waals surface area contributed by atoms with E-state index in [0.717, 1.165) is 30.0 Å². The van der Waals surface area contributed by atoms with Crippen LogP contribution in [0.1, 0.15) is 31.9 Å². The Balaban J connectivity index is 2.18. The van der Waals surface area contributed by atoms with Crippen LogP contribution >= 0.6 is 11.6 Å². The minimum atomic E-state index is 0.428. The Morgan fingerprint density at radius 2 is 1.81 bits per heavy atom. The number of halogens is 1. The van der Waals surface area contributed by atoms with Crippen molar-refractivity contribution in [2.24, 2.45) is 0 Å². The van der Waals surface area contributed by atoms with Crippen LogP contribution in [0.2, 0.25) is 5.02 Å². The van der Waals surface area contributed by atoms with Crippen molar-refractivity contribution in [3.05, 3.63) is 58.6 Å². The third-order valence-corrected chi connectivity index (χ3v) is 3.52. The lowest BCUT2D eigenvalue weighted by Gasteiger charge is -2.14. The predicted molar refractivity (Wildman–Crippen MR) is 89.3 cm³/mol. The van der Waals surface area contributed by atoms with E-state index in [1.165, 1.54) is 5.56 Å². The largest absolute Gasteiger partial charge is 0.457 e. The molecule has 2 aromatic carbocycles. The van der Waals surface area contributed by atoms with Crippen LogP contribution in [0.15, 0.2) is 42.5 Å². The highest BCUT2D eigenvalue weighted by atomic mass is 35.5. The van der Waals surface area contributed by atoms with Crippen molar-refractivity contribution in [3.63, 3.8) is 0 Å². The van der Waals surface area contributed by atoms with Crippen LogP contribution in [-0.4, -0.2) is 6.04 Å². The third-order valence-electron chi connectivity index (χ3n) is 3.29. The number of ether oxygens (including phenoxy) is 1. The zero-order chi connectivity index (χ0) is 15.2. The molecule has 0 spiro atoms. The van der Waals surface area contributed by atoms with E-state index in [2.05, 4.69) is 38.2 Å². The Morgan fingerprint density at radius 3 is 2.43 bits per heavy atom. The molecule has 112 valence electrons. The van der Waals surface area contributed by atoms with Crippen LogP contribution < -0.4 is 10.1 Å². The summed E-state index contributed by atoms with van der Waals surface area (Å²) in [7, 11) is 0. The highest BCUT2D eigenvalue weighted by molar-refractivity contribution is 6.30. The molecule has 0 saturated carbocycles. The van der Waals surface area contributed by atoms with Gasteiger partial charge in [-0.3, -0.25) is 0 Å². The number of rotatable bonds is 6. The van der Waals surface area contributed by atoms with E-state index in [-0.39, 0.29) is 0 Å². The minimum Gasteiger partial charge on any atom is -0.457 e. The standard InChI is InChI=1S/C18H22ClNO/c1-4-14-5-9-17(10-6-14)21-18-11-16(19)8-7-15(18)12-20-13(2)3/h5-11,13,20H,4,12H2,1-3H3. The highest BCUT2D eigenvalue weighted by Gasteiger charge is 2.07. The summed E-state index contributed by atoms with van der Waals surface area (Å²) in [6.45, 7) is 7.15. The van der Waals surface area contributed by atoms with E-state index in [1.807, 2.05) is 30.3 Å². The summed E-state index contributed by atoms with van der Waals surface area (Å²) in [5.74, 6) is 1.64. The normalized spacial score (nSPS) is 10.9. The quantitative estimate of drug-likeness (QED) is 0.792. The van der Waals surface area contributed by atoms with Gasteiger partial charge in [-0.05, 0) is 36.2 Å². The van der Waals surface area contributed by atoms with Crippen molar-refractivity contribution < 1.29 is 4.74 Å². The molecule has 0 aliphatic heterocycles. The second-order valence-electron chi connectivity index (χ2n) is 5.39. The highest BCUT2D eigenvalue weighted by Crippen LogP contribution is 2.28. The maximum absolute atomic E-state index is 6.09. The number of hydrogen-bond acceptors (Lipinski definition) is 2. The van der Waals surface area contributed by atoms with Gasteiger partial charge in [0, 0.05) is 23.2 Å². The molecule has 0 unspecified atom stereocenters. The van der Waals surface area contributed by atoms with Gasteiger partial charge in [0.15, 0.2) is 0 Å². The third kappa shape index (κ3) is 4.76. The fraction of sp³-hybridized carbons (Fsp3) is 0.333. The lowest BCUT2D eigenvalue weighted by atomic mass is 10.1. The van der Waals surface area contributed by atoms with E-state index >= 15 is 0 Å². The molecule has 0 fully saturated rings. The molecular formula is C18H22ClNO. The molecule has 3 heteroatoms. The molecule has 1 N–H and O–H groups in total. The minimum absolute atomic E-state index is 0.428. The summed E-state index contributed by atoms with van der Waals surface area (Å²) in [6, 6.07) is 14.4. The maximum Gasteiger partial charge on any atom is 0.133 e. The van der Waals surface area contributed by atoms with E-state index < -0.39 is 0 Å². The van der Waals surface area contributed by atoms with Crippen LogP contribution in [0.5, 0.6) is 11.5 Å². The summed E-state index contributed by atoms with van der Waals surface area (Å²) in [5.41, 5.74) is 2.41. The molecule has 0 aliphatic carbocycles. The Hall–Kier alpha value is -1.51. The zero-order valence-electron chi connectivity index (χ0n) is 12.8. The van der Waals surface area contributed by atoms with Crippen LogP contribution in [0.3, 0.4) is 0 Å². The lowest BCUT2D eigenvalue weighted by molar-refractivity contribution is 0.469. The van der Waals surface area contributed by atoms with E-state index in [0.29, 0.717) is 11.1 Å². The molecule has 0 amide bonds. The zero-order valence-corrected chi connectivity index (χ0v) is 13.6. The second kappa shape index (κ2) is 7.48. The van der Waals surface area contributed by atoms with Gasteiger partial charge in [-0.15, -0.1) is 0 Å². The first-order chi connectivity index (χ1) is 10.1. The Labute approximate surface area is 132 Å². The van der Waals surface area contributed by atoms with Crippen molar-refractivity contribution in [3.8, 4) is 11.5 Å². The maximum atomic E-state index is 6.09. The van der Waals surface area contributed by atoms with Crippen molar-refractivity contribution in [1.82, 2.24) is 5.32 Å². The van der Waals surface area contributed by atoms with Gasteiger partial charge in [0.1, 0.15) is 11.5 Å². The Kier molecular flexibility index (Phi) is 5.66. The van der Waals surface area contributed by atoms with Crippen molar-refractivity contribution in [2.75, 3.05) is 0 Å². The summed E-state index contributed by atoms with van der Waals surface area (Å²) in [4.78, 5) is 0. The molecule has 2 aromatic rings. The van der Waals surface area contributed by atoms with E-state index in [9.17, 15) is 0 Å². The molecule has 0 heterocycles. The van der Waals surface area contributed by atoms with Gasteiger partial charge in [-0.25, -0.2) is 0 Å². The van der Waals surface area contributed by atoms with Crippen LogP contribution in [-0.2, 0) is 13.0 Å².